The summed E-state index contributed by atoms with van der Waals surface area (Å²) < 4.78 is 68.2. The van der Waals surface area contributed by atoms with Gasteiger partial charge in [-0.15, -0.1) is 0 Å². The molecule has 0 aliphatic carbocycles. The van der Waals surface area contributed by atoms with E-state index in [1.54, 1.807) is 0 Å². The molecule has 92 heavy (non-hydrogen) atoms. The number of esters is 4. The Morgan fingerprint density at radius 2 is 0.500 bits per heavy atom. The molecule has 0 aromatic carbocycles. The number of rotatable bonds is 72. The van der Waals surface area contributed by atoms with Crippen molar-refractivity contribution in [1.29, 1.82) is 0 Å². The van der Waals surface area contributed by atoms with Crippen LogP contribution in [0.5, 0.6) is 0 Å². The van der Waals surface area contributed by atoms with E-state index in [4.69, 9.17) is 37.0 Å². The van der Waals surface area contributed by atoms with Crippen molar-refractivity contribution < 1.29 is 80.2 Å². The summed E-state index contributed by atoms with van der Waals surface area (Å²) in [6, 6.07) is 0. The Kier molecular flexibility index (Phi) is 63.7. The van der Waals surface area contributed by atoms with Gasteiger partial charge < -0.3 is 33.8 Å². The van der Waals surface area contributed by atoms with Crippen LogP contribution in [0.4, 0.5) is 0 Å². The summed E-state index contributed by atoms with van der Waals surface area (Å²) >= 11 is 0. The number of unbranched alkanes of at least 4 members (excludes halogenated alkanes) is 42. The van der Waals surface area contributed by atoms with E-state index in [1.807, 2.05) is 0 Å². The molecule has 0 radical (unpaired) electrons. The molecule has 3 N–H and O–H groups in total. The normalized spacial score (nSPS) is 14.1. The van der Waals surface area contributed by atoms with E-state index in [0.717, 1.165) is 108 Å². The molecule has 0 aliphatic rings. The van der Waals surface area contributed by atoms with Crippen LogP contribution in [0.15, 0.2) is 0 Å². The molecular weight excluding hydrogens is 1210 g/mol. The van der Waals surface area contributed by atoms with Gasteiger partial charge in [0.25, 0.3) is 0 Å². The van der Waals surface area contributed by atoms with Crippen molar-refractivity contribution >= 4 is 39.5 Å². The summed E-state index contributed by atoms with van der Waals surface area (Å²) in [6.45, 7) is 9.49. The predicted octanol–water partition coefficient (Wildman–Crippen LogP) is 21.2. The van der Waals surface area contributed by atoms with Gasteiger partial charge in [0.2, 0.25) is 0 Å². The number of phosphoric acid groups is 2. The lowest BCUT2D eigenvalue weighted by Gasteiger charge is -2.21. The molecule has 17 nitrogen and oxygen atoms in total. The van der Waals surface area contributed by atoms with Crippen molar-refractivity contribution in [2.45, 2.75) is 394 Å². The number of carbonyl (C=O) groups excluding carboxylic acids is 4. The second kappa shape index (κ2) is 65.0. The van der Waals surface area contributed by atoms with Crippen LogP contribution in [0.25, 0.3) is 0 Å². The minimum Gasteiger partial charge on any atom is -0.462 e. The van der Waals surface area contributed by atoms with Crippen LogP contribution in [-0.2, 0) is 65.4 Å². The number of carbonyl (C=O) groups is 4. The van der Waals surface area contributed by atoms with Crippen LogP contribution in [0.3, 0.4) is 0 Å². The van der Waals surface area contributed by atoms with Crippen molar-refractivity contribution in [2.24, 2.45) is 11.8 Å². The maximum absolute atomic E-state index is 13.0. The third-order valence-electron chi connectivity index (χ3n) is 17.0. The largest absolute Gasteiger partial charge is 0.472 e. The Bertz CT molecular complexity index is 1790. The monoisotopic (exact) mass is 1350 g/mol. The van der Waals surface area contributed by atoms with E-state index >= 15 is 0 Å². The first-order chi connectivity index (χ1) is 44.4. The summed E-state index contributed by atoms with van der Waals surface area (Å²) in [7, 11) is -9.90. The van der Waals surface area contributed by atoms with Crippen molar-refractivity contribution in [3.8, 4) is 0 Å². The van der Waals surface area contributed by atoms with Gasteiger partial charge in [-0.05, 0) is 37.5 Å². The molecule has 0 fully saturated rings. The lowest BCUT2D eigenvalue weighted by Crippen LogP contribution is -2.30. The molecule has 0 aromatic heterocycles. The summed E-state index contributed by atoms with van der Waals surface area (Å²) in [4.78, 5) is 72.4. The van der Waals surface area contributed by atoms with Gasteiger partial charge >= 0.3 is 39.5 Å². The van der Waals surface area contributed by atoms with E-state index in [1.165, 1.54) is 186 Å². The van der Waals surface area contributed by atoms with Crippen molar-refractivity contribution in [3.63, 3.8) is 0 Å². The molecule has 5 atom stereocenters. The molecule has 19 heteroatoms. The Labute approximate surface area is 562 Å². The quantitative estimate of drug-likeness (QED) is 0.0222. The summed E-state index contributed by atoms with van der Waals surface area (Å²) in [5, 5.41) is 10.6. The Hall–Kier alpha value is -1.94. The zero-order chi connectivity index (χ0) is 67.9. The first kappa shape index (κ1) is 90.1. The van der Waals surface area contributed by atoms with Crippen LogP contribution in [-0.4, -0.2) is 96.7 Å². The standard InChI is InChI=1S/C73H142O17P2/c1-7-9-11-13-14-15-16-17-18-19-20-21-22-23-28-34-39-45-51-57-73(78)90-69(62-84-71(76)56-50-44-38-33-27-25-24-26-31-36-42-47-53-65(3)4)64-88-92(81,82)86-60-67(74)59-85-91(79,80)87-63-68(61-83-70(75)55-49-41-12-10-8-2)89-72(77)58-52-46-40-35-30-29-32-37-43-48-54-66(5)6/h65-69,74H,7-64H2,1-6H3,(H,79,80)(H,81,82)/t67-,68+,69+/m0/s1. The van der Waals surface area contributed by atoms with Gasteiger partial charge in [0.1, 0.15) is 19.3 Å². The Balaban J connectivity index is 5.14. The highest BCUT2D eigenvalue weighted by Gasteiger charge is 2.30. The third-order valence-corrected chi connectivity index (χ3v) is 18.9. The molecule has 0 aliphatic heterocycles. The molecular formula is C73H142O17P2. The fraction of sp³-hybridized carbons (Fsp3) is 0.945. The van der Waals surface area contributed by atoms with Gasteiger partial charge in [0, 0.05) is 25.7 Å². The molecule has 0 bridgehead atoms. The minimum atomic E-state index is -4.95. The molecule has 2 unspecified atom stereocenters. The second-order valence-electron chi connectivity index (χ2n) is 27.3. The summed E-state index contributed by atoms with van der Waals surface area (Å²) in [5.41, 5.74) is 0. The van der Waals surface area contributed by atoms with E-state index in [2.05, 4.69) is 41.5 Å². The molecule has 0 aromatic rings. The molecule has 0 saturated heterocycles. The van der Waals surface area contributed by atoms with Crippen LogP contribution < -0.4 is 0 Å². The smallest absolute Gasteiger partial charge is 0.462 e. The van der Waals surface area contributed by atoms with Gasteiger partial charge in [-0.2, -0.15) is 0 Å². The second-order valence-corrected chi connectivity index (χ2v) is 30.2. The maximum atomic E-state index is 13.0. The maximum Gasteiger partial charge on any atom is 0.472 e. The van der Waals surface area contributed by atoms with Gasteiger partial charge in [0.15, 0.2) is 12.2 Å². The number of hydrogen-bond donors (Lipinski definition) is 3. The number of hydrogen-bond acceptors (Lipinski definition) is 15. The predicted molar refractivity (Wildman–Crippen MR) is 372 cm³/mol. The summed E-state index contributed by atoms with van der Waals surface area (Å²) in [6.07, 6.45) is 51.8. The van der Waals surface area contributed by atoms with Crippen LogP contribution in [0, 0.1) is 11.8 Å². The molecule has 546 valence electrons. The number of phosphoric ester groups is 2. The highest BCUT2D eigenvalue weighted by atomic mass is 31.2. The number of aliphatic hydroxyl groups is 1. The molecule has 0 heterocycles. The van der Waals surface area contributed by atoms with Gasteiger partial charge in [-0.1, -0.05) is 324 Å². The van der Waals surface area contributed by atoms with Crippen molar-refractivity contribution in [3.05, 3.63) is 0 Å². The fourth-order valence-electron chi connectivity index (χ4n) is 11.1. The van der Waals surface area contributed by atoms with E-state index in [9.17, 15) is 43.2 Å². The lowest BCUT2D eigenvalue weighted by atomic mass is 10.0. The van der Waals surface area contributed by atoms with Crippen molar-refractivity contribution in [1.82, 2.24) is 0 Å². The average Bonchev–Trinajstić information content (AvgIpc) is 1.61. The average molecular weight is 1350 g/mol. The Morgan fingerprint density at radius 3 is 0.739 bits per heavy atom. The van der Waals surface area contributed by atoms with Crippen LogP contribution in [0.2, 0.25) is 0 Å². The van der Waals surface area contributed by atoms with Crippen LogP contribution in [0.1, 0.15) is 375 Å². The zero-order valence-electron chi connectivity index (χ0n) is 59.9. The molecule has 0 saturated carbocycles. The third kappa shape index (κ3) is 66.7. The topological polar surface area (TPSA) is 237 Å². The SMILES string of the molecule is CCCCCCCCCCCCCCCCCCCCCC(=O)O[C@H](COC(=O)CCCCCCCCCCCCCCC(C)C)COP(=O)(O)OC[C@@H](O)COP(=O)(O)OC[C@@H](COC(=O)CCCCCCC)OC(=O)CCCCCCCCCCCCC(C)C. The first-order valence-electron chi connectivity index (χ1n) is 38.0. The van der Waals surface area contributed by atoms with E-state index in [0.29, 0.717) is 25.7 Å². The first-order valence-corrected chi connectivity index (χ1v) is 41.0. The highest BCUT2D eigenvalue weighted by molar-refractivity contribution is 7.47. The van der Waals surface area contributed by atoms with Gasteiger partial charge in [-0.25, -0.2) is 9.13 Å². The van der Waals surface area contributed by atoms with Gasteiger partial charge in [0.05, 0.1) is 26.4 Å². The lowest BCUT2D eigenvalue weighted by molar-refractivity contribution is -0.161. The number of aliphatic hydroxyl groups excluding tert-OH is 1. The number of ether oxygens (including phenoxy) is 4. The fourth-order valence-corrected chi connectivity index (χ4v) is 12.7. The molecule has 0 amide bonds. The summed E-state index contributed by atoms with van der Waals surface area (Å²) in [5.74, 6) is -0.597. The van der Waals surface area contributed by atoms with Crippen molar-refractivity contribution in [2.75, 3.05) is 39.6 Å². The Morgan fingerprint density at radius 1 is 0.293 bits per heavy atom. The minimum absolute atomic E-state index is 0.105. The van der Waals surface area contributed by atoms with E-state index < -0.39 is 97.5 Å². The van der Waals surface area contributed by atoms with Crippen LogP contribution >= 0.6 is 15.6 Å². The molecule has 0 spiro atoms. The molecule has 0 rings (SSSR count). The highest BCUT2D eigenvalue weighted by Crippen LogP contribution is 2.45. The van der Waals surface area contributed by atoms with E-state index in [-0.39, 0.29) is 25.7 Å². The van der Waals surface area contributed by atoms with Gasteiger partial charge in [-0.3, -0.25) is 37.3 Å². The zero-order valence-corrected chi connectivity index (χ0v) is 61.6.